The number of hydrogen-bond donors (Lipinski definition) is 1. The molecule has 1 aromatic heterocycles. The van der Waals surface area contributed by atoms with Crippen LogP contribution in [0.1, 0.15) is 31.2 Å². The molecule has 2 saturated heterocycles. The number of piperidine rings is 2. The molecule has 4 nitrogen and oxygen atoms in total. The summed E-state index contributed by atoms with van der Waals surface area (Å²) < 4.78 is 0. The zero-order chi connectivity index (χ0) is 15.2. The maximum Gasteiger partial charge on any atom is 0.0271 e. The molecule has 22 heavy (non-hydrogen) atoms. The Hall–Kier alpha value is -0.970. The van der Waals surface area contributed by atoms with E-state index in [-0.39, 0.29) is 0 Å². The predicted octanol–water partition coefficient (Wildman–Crippen LogP) is 1.98. The van der Waals surface area contributed by atoms with Crippen molar-refractivity contribution in [3.05, 3.63) is 30.1 Å². The molecule has 3 heterocycles. The van der Waals surface area contributed by atoms with Crippen LogP contribution in [0.3, 0.4) is 0 Å². The summed E-state index contributed by atoms with van der Waals surface area (Å²) in [6, 6.07) is 5.03. The van der Waals surface area contributed by atoms with E-state index in [1.165, 1.54) is 57.4 Å². The third kappa shape index (κ3) is 4.51. The van der Waals surface area contributed by atoms with E-state index in [2.05, 4.69) is 39.3 Å². The molecule has 0 spiro atoms. The smallest absolute Gasteiger partial charge is 0.0271 e. The normalized spacial score (nSPS) is 23.0. The van der Waals surface area contributed by atoms with Crippen LogP contribution < -0.4 is 5.32 Å². The lowest BCUT2D eigenvalue weighted by molar-refractivity contribution is 0.0853. The Bertz CT molecular complexity index is 420. The van der Waals surface area contributed by atoms with E-state index in [0.717, 1.165) is 25.0 Å². The van der Waals surface area contributed by atoms with Gasteiger partial charge in [-0.1, -0.05) is 0 Å². The Balaban J connectivity index is 1.33. The van der Waals surface area contributed by atoms with E-state index in [1.807, 2.05) is 12.4 Å². The van der Waals surface area contributed by atoms with Gasteiger partial charge in [-0.25, -0.2) is 0 Å². The van der Waals surface area contributed by atoms with Crippen LogP contribution in [0.15, 0.2) is 24.5 Å². The standard InChI is InChI=1S/C18H30N4/c1-21-10-6-18(7-11-21)22-12-4-17(5-13-22)15-20-14-16-2-8-19-9-3-16/h2-3,8-9,17-18,20H,4-7,10-15H2,1H3. The second-order valence-corrected chi connectivity index (χ2v) is 7.00. The monoisotopic (exact) mass is 302 g/mol. The molecule has 2 aliphatic heterocycles. The zero-order valence-electron chi connectivity index (χ0n) is 13.9. The molecule has 2 fully saturated rings. The van der Waals surface area contributed by atoms with Crippen molar-refractivity contribution in [3.63, 3.8) is 0 Å². The minimum absolute atomic E-state index is 0.849. The molecular formula is C18H30N4. The molecule has 0 saturated carbocycles. The molecule has 2 aliphatic rings. The van der Waals surface area contributed by atoms with Crippen LogP contribution in [-0.2, 0) is 6.54 Å². The van der Waals surface area contributed by atoms with Crippen LogP contribution in [0.4, 0.5) is 0 Å². The molecule has 1 aromatic rings. The Morgan fingerprint density at radius 3 is 2.41 bits per heavy atom. The van der Waals surface area contributed by atoms with Crippen molar-refractivity contribution in [1.29, 1.82) is 0 Å². The Morgan fingerprint density at radius 1 is 1.05 bits per heavy atom. The van der Waals surface area contributed by atoms with Gasteiger partial charge in [0.25, 0.3) is 0 Å². The summed E-state index contributed by atoms with van der Waals surface area (Å²) in [5.74, 6) is 0.851. The molecule has 122 valence electrons. The maximum absolute atomic E-state index is 4.06. The third-order valence-electron chi connectivity index (χ3n) is 5.37. The van der Waals surface area contributed by atoms with Crippen molar-refractivity contribution in [2.24, 2.45) is 5.92 Å². The molecule has 4 heteroatoms. The minimum atomic E-state index is 0.849. The lowest BCUT2D eigenvalue weighted by Crippen LogP contribution is -2.47. The second-order valence-electron chi connectivity index (χ2n) is 7.00. The van der Waals surface area contributed by atoms with Gasteiger partial charge >= 0.3 is 0 Å². The Labute approximate surface area is 134 Å². The summed E-state index contributed by atoms with van der Waals surface area (Å²) in [7, 11) is 2.25. The fourth-order valence-electron chi connectivity index (χ4n) is 3.80. The van der Waals surface area contributed by atoms with E-state index in [1.54, 1.807) is 0 Å². The van der Waals surface area contributed by atoms with Gasteiger partial charge in [0.1, 0.15) is 0 Å². The van der Waals surface area contributed by atoms with E-state index >= 15 is 0 Å². The highest BCUT2D eigenvalue weighted by molar-refractivity contribution is 5.08. The number of rotatable bonds is 5. The molecule has 3 rings (SSSR count). The SMILES string of the molecule is CN1CCC(N2CCC(CNCc3ccncc3)CC2)CC1. The summed E-state index contributed by atoms with van der Waals surface area (Å²) in [5, 5.41) is 3.62. The van der Waals surface area contributed by atoms with Crippen molar-refractivity contribution in [1.82, 2.24) is 20.1 Å². The molecule has 0 radical (unpaired) electrons. The van der Waals surface area contributed by atoms with Gasteiger partial charge in [0.05, 0.1) is 0 Å². The second kappa shape index (κ2) is 8.04. The van der Waals surface area contributed by atoms with Crippen molar-refractivity contribution in [3.8, 4) is 0 Å². The highest BCUT2D eigenvalue weighted by Crippen LogP contribution is 2.23. The minimum Gasteiger partial charge on any atom is -0.312 e. The first-order chi connectivity index (χ1) is 10.8. The average molecular weight is 302 g/mol. The topological polar surface area (TPSA) is 31.4 Å². The van der Waals surface area contributed by atoms with Gasteiger partial charge in [-0.3, -0.25) is 4.98 Å². The highest BCUT2D eigenvalue weighted by atomic mass is 15.2. The molecular weight excluding hydrogens is 272 g/mol. The van der Waals surface area contributed by atoms with Gasteiger partial charge in [0.15, 0.2) is 0 Å². The molecule has 0 amide bonds. The molecule has 0 aromatic carbocycles. The number of aromatic nitrogens is 1. The Morgan fingerprint density at radius 2 is 1.73 bits per heavy atom. The lowest BCUT2D eigenvalue weighted by atomic mass is 9.93. The summed E-state index contributed by atoms with van der Waals surface area (Å²) in [5.41, 5.74) is 1.33. The number of nitrogens with zero attached hydrogens (tertiary/aromatic N) is 3. The van der Waals surface area contributed by atoms with Crippen LogP contribution in [-0.4, -0.2) is 60.6 Å². The number of likely N-dealkylation sites (tertiary alicyclic amines) is 2. The third-order valence-corrected chi connectivity index (χ3v) is 5.37. The van der Waals surface area contributed by atoms with Crippen molar-refractivity contribution < 1.29 is 0 Å². The largest absolute Gasteiger partial charge is 0.312 e. The Kier molecular flexibility index (Phi) is 5.82. The molecule has 0 unspecified atom stereocenters. The summed E-state index contributed by atoms with van der Waals surface area (Å²) in [6.45, 7) is 7.28. The van der Waals surface area contributed by atoms with Crippen LogP contribution in [0.5, 0.6) is 0 Å². The first-order valence-electron chi connectivity index (χ1n) is 8.83. The average Bonchev–Trinajstić information content (AvgIpc) is 2.57. The number of hydrogen-bond acceptors (Lipinski definition) is 4. The van der Waals surface area contributed by atoms with Gasteiger partial charge in [0.2, 0.25) is 0 Å². The summed E-state index contributed by atoms with van der Waals surface area (Å²) in [6.07, 6.45) is 9.18. The van der Waals surface area contributed by atoms with Gasteiger partial charge < -0.3 is 15.1 Å². The van der Waals surface area contributed by atoms with Gasteiger partial charge in [-0.15, -0.1) is 0 Å². The first kappa shape index (κ1) is 15.9. The van der Waals surface area contributed by atoms with Crippen LogP contribution >= 0.6 is 0 Å². The quantitative estimate of drug-likeness (QED) is 0.901. The molecule has 0 bridgehead atoms. The zero-order valence-corrected chi connectivity index (χ0v) is 13.9. The fraction of sp³-hybridized carbons (Fsp3) is 0.722. The van der Waals surface area contributed by atoms with E-state index in [9.17, 15) is 0 Å². The van der Waals surface area contributed by atoms with Gasteiger partial charge in [-0.05, 0) is 89.1 Å². The van der Waals surface area contributed by atoms with Crippen molar-refractivity contribution in [2.45, 2.75) is 38.3 Å². The summed E-state index contributed by atoms with van der Waals surface area (Å²) >= 11 is 0. The molecule has 0 atom stereocenters. The van der Waals surface area contributed by atoms with Gasteiger partial charge in [-0.2, -0.15) is 0 Å². The van der Waals surface area contributed by atoms with E-state index < -0.39 is 0 Å². The number of pyridine rings is 1. The van der Waals surface area contributed by atoms with E-state index in [4.69, 9.17) is 0 Å². The van der Waals surface area contributed by atoms with Crippen molar-refractivity contribution in [2.75, 3.05) is 39.8 Å². The van der Waals surface area contributed by atoms with Crippen LogP contribution in [0.2, 0.25) is 0 Å². The maximum atomic E-state index is 4.06. The van der Waals surface area contributed by atoms with Gasteiger partial charge in [0, 0.05) is 25.0 Å². The van der Waals surface area contributed by atoms with Crippen molar-refractivity contribution >= 4 is 0 Å². The predicted molar refractivity (Wildman–Crippen MR) is 90.8 cm³/mol. The first-order valence-corrected chi connectivity index (χ1v) is 8.83. The summed E-state index contributed by atoms with van der Waals surface area (Å²) in [4.78, 5) is 9.29. The number of nitrogens with one attached hydrogen (secondary N) is 1. The van der Waals surface area contributed by atoms with E-state index in [0.29, 0.717) is 0 Å². The molecule has 0 aliphatic carbocycles. The lowest BCUT2D eigenvalue weighted by Gasteiger charge is -2.41. The van der Waals surface area contributed by atoms with Crippen LogP contribution in [0.25, 0.3) is 0 Å². The van der Waals surface area contributed by atoms with Crippen LogP contribution in [0, 0.1) is 5.92 Å². The highest BCUT2D eigenvalue weighted by Gasteiger charge is 2.27. The molecule has 1 N–H and O–H groups in total. The fourth-order valence-corrected chi connectivity index (χ4v) is 3.80.